The predicted octanol–water partition coefficient (Wildman–Crippen LogP) is 5.81. The van der Waals surface area contributed by atoms with Crippen molar-refractivity contribution in [2.75, 3.05) is 0 Å². The van der Waals surface area contributed by atoms with Crippen molar-refractivity contribution in [3.8, 4) is 17.0 Å². The second kappa shape index (κ2) is 6.77. The molecule has 6 heteroatoms. The van der Waals surface area contributed by atoms with E-state index in [1.807, 2.05) is 35.0 Å². The van der Waals surface area contributed by atoms with E-state index in [9.17, 15) is 4.39 Å². The second-order valence-electron chi connectivity index (χ2n) is 6.65. The molecule has 2 aromatic carbocycles. The van der Waals surface area contributed by atoms with E-state index in [1.165, 1.54) is 12.1 Å². The highest BCUT2D eigenvalue weighted by Crippen LogP contribution is 2.36. The van der Waals surface area contributed by atoms with E-state index in [-0.39, 0.29) is 5.82 Å². The van der Waals surface area contributed by atoms with Crippen LogP contribution < -0.4 is 0 Å². The molecule has 0 unspecified atom stereocenters. The summed E-state index contributed by atoms with van der Waals surface area (Å²) in [5.74, 6) is 0.380. The topological polar surface area (TPSA) is 43.9 Å². The Morgan fingerprint density at radius 2 is 1.75 bits per heavy atom. The second-order valence-corrected chi connectivity index (χ2v) is 7.09. The summed E-state index contributed by atoms with van der Waals surface area (Å²) in [7, 11) is 0. The number of aromatic nitrogens is 3. The molecule has 0 N–H and O–H groups in total. The minimum absolute atomic E-state index is 0.278. The van der Waals surface area contributed by atoms with E-state index in [4.69, 9.17) is 16.1 Å². The van der Waals surface area contributed by atoms with Crippen LogP contribution in [0.1, 0.15) is 23.4 Å². The predicted molar refractivity (Wildman–Crippen MR) is 107 cm³/mol. The van der Waals surface area contributed by atoms with Gasteiger partial charge in [0.25, 0.3) is 0 Å². The van der Waals surface area contributed by atoms with Gasteiger partial charge in [0.2, 0.25) is 0 Å². The molecule has 28 heavy (non-hydrogen) atoms. The highest BCUT2D eigenvalue weighted by Gasteiger charge is 2.23. The molecule has 0 atom stereocenters. The van der Waals surface area contributed by atoms with Crippen LogP contribution in [0.25, 0.3) is 28.7 Å². The van der Waals surface area contributed by atoms with Gasteiger partial charge in [-0.1, -0.05) is 16.8 Å². The van der Waals surface area contributed by atoms with Gasteiger partial charge in [-0.3, -0.25) is 0 Å². The fourth-order valence-electron chi connectivity index (χ4n) is 3.50. The highest BCUT2D eigenvalue weighted by atomic mass is 35.5. The number of aryl methyl sites for hydroxylation is 1. The molecule has 2 aromatic heterocycles. The zero-order valence-electron chi connectivity index (χ0n) is 14.8. The third-order valence-electron chi connectivity index (χ3n) is 4.90. The number of allylic oxidation sites excluding steroid dienone is 1. The van der Waals surface area contributed by atoms with Gasteiger partial charge < -0.3 is 4.52 Å². The van der Waals surface area contributed by atoms with Crippen molar-refractivity contribution < 1.29 is 8.91 Å². The molecule has 0 saturated heterocycles. The summed E-state index contributed by atoms with van der Waals surface area (Å²) in [5, 5.41) is 9.38. The van der Waals surface area contributed by atoms with Crippen molar-refractivity contribution in [3.63, 3.8) is 0 Å². The molecule has 0 radical (unpaired) electrons. The fourth-order valence-corrected chi connectivity index (χ4v) is 3.63. The van der Waals surface area contributed by atoms with Crippen LogP contribution in [0.2, 0.25) is 5.02 Å². The van der Waals surface area contributed by atoms with E-state index in [0.717, 1.165) is 46.6 Å². The van der Waals surface area contributed by atoms with Crippen molar-refractivity contribution >= 4 is 23.3 Å². The summed E-state index contributed by atoms with van der Waals surface area (Å²) in [5.41, 5.74) is 5.77. The Balaban J connectivity index is 1.57. The molecule has 5 rings (SSSR count). The van der Waals surface area contributed by atoms with E-state index < -0.39 is 0 Å². The van der Waals surface area contributed by atoms with E-state index in [1.54, 1.807) is 18.3 Å². The molecular formula is C22H15ClFN3O. The fraction of sp³-hybridized carbons (Fsp3) is 0.0909. The Bertz CT molecular complexity index is 1170. The number of nitrogens with zero attached hydrogens (tertiary/aromatic N) is 3. The first-order valence-corrected chi connectivity index (χ1v) is 9.32. The SMILES string of the molecule is Fc1ccc(-c2onc3c2C=C(c2ccnn2-c2ccc(Cl)cc2)CC3)cc1. The monoisotopic (exact) mass is 391 g/mol. The molecule has 0 aliphatic heterocycles. The van der Waals surface area contributed by atoms with Crippen LogP contribution in [0.4, 0.5) is 4.39 Å². The van der Waals surface area contributed by atoms with Crippen LogP contribution in [0.3, 0.4) is 0 Å². The average Bonchev–Trinajstić information content (AvgIpc) is 3.36. The van der Waals surface area contributed by atoms with Gasteiger partial charge in [-0.2, -0.15) is 5.10 Å². The third kappa shape index (κ3) is 2.94. The molecular weight excluding hydrogens is 377 g/mol. The quantitative estimate of drug-likeness (QED) is 0.443. The summed E-state index contributed by atoms with van der Waals surface area (Å²) in [6.45, 7) is 0. The first kappa shape index (κ1) is 17.0. The third-order valence-corrected chi connectivity index (χ3v) is 5.15. The van der Waals surface area contributed by atoms with Crippen molar-refractivity contribution in [2.24, 2.45) is 0 Å². The number of hydrogen-bond donors (Lipinski definition) is 0. The molecule has 4 aromatic rings. The summed E-state index contributed by atoms with van der Waals surface area (Å²) < 4.78 is 20.8. The molecule has 0 bridgehead atoms. The Hall–Kier alpha value is -3.18. The van der Waals surface area contributed by atoms with Gasteiger partial charge in [0.05, 0.1) is 23.3 Å². The van der Waals surface area contributed by atoms with E-state index in [2.05, 4.69) is 16.3 Å². The molecule has 1 aliphatic rings. The number of fused-ring (bicyclic) bond motifs is 1. The van der Waals surface area contributed by atoms with E-state index >= 15 is 0 Å². The molecule has 0 amide bonds. The maximum Gasteiger partial charge on any atom is 0.174 e. The molecule has 0 spiro atoms. The van der Waals surface area contributed by atoms with Crippen molar-refractivity contribution in [1.29, 1.82) is 0 Å². The number of benzene rings is 2. The normalized spacial score (nSPS) is 13.3. The van der Waals surface area contributed by atoms with Crippen LogP contribution in [0.15, 0.2) is 65.3 Å². The largest absolute Gasteiger partial charge is 0.355 e. The number of halogens is 2. The van der Waals surface area contributed by atoms with Crippen molar-refractivity contribution in [1.82, 2.24) is 14.9 Å². The molecule has 0 saturated carbocycles. The zero-order valence-corrected chi connectivity index (χ0v) is 15.5. The van der Waals surface area contributed by atoms with Gasteiger partial charge in [0, 0.05) is 16.1 Å². The number of rotatable bonds is 3. The standard InChI is InChI=1S/C22H15ClFN3O/c23-16-4-8-18(9-5-16)27-21(11-12-25-27)15-3-10-20-19(13-15)22(28-26-20)14-1-6-17(24)7-2-14/h1-2,4-9,11-13H,3,10H2. The van der Waals surface area contributed by atoms with Crippen LogP contribution in [0.5, 0.6) is 0 Å². The lowest BCUT2D eigenvalue weighted by molar-refractivity contribution is 0.423. The summed E-state index contributed by atoms with van der Waals surface area (Å²) >= 11 is 6.01. The van der Waals surface area contributed by atoms with Gasteiger partial charge >= 0.3 is 0 Å². The first-order valence-electron chi connectivity index (χ1n) is 8.94. The van der Waals surface area contributed by atoms with E-state index in [0.29, 0.717) is 10.8 Å². The minimum Gasteiger partial charge on any atom is -0.355 e. The highest BCUT2D eigenvalue weighted by molar-refractivity contribution is 6.30. The van der Waals surface area contributed by atoms with Crippen LogP contribution in [-0.2, 0) is 6.42 Å². The van der Waals surface area contributed by atoms with Crippen LogP contribution >= 0.6 is 11.6 Å². The van der Waals surface area contributed by atoms with Gasteiger partial charge in [-0.05, 0) is 79.1 Å². The van der Waals surface area contributed by atoms with Gasteiger partial charge in [0.15, 0.2) is 5.76 Å². The van der Waals surface area contributed by atoms with Crippen molar-refractivity contribution in [2.45, 2.75) is 12.8 Å². The van der Waals surface area contributed by atoms with Crippen LogP contribution in [-0.4, -0.2) is 14.9 Å². The molecule has 2 heterocycles. The maximum absolute atomic E-state index is 13.3. The number of hydrogen-bond acceptors (Lipinski definition) is 3. The first-order chi connectivity index (χ1) is 13.7. The molecule has 1 aliphatic carbocycles. The Labute approximate surface area is 165 Å². The minimum atomic E-state index is -0.278. The lowest BCUT2D eigenvalue weighted by atomic mass is 9.92. The molecule has 4 nitrogen and oxygen atoms in total. The van der Waals surface area contributed by atoms with Gasteiger partial charge in [-0.25, -0.2) is 9.07 Å². The maximum atomic E-state index is 13.3. The zero-order chi connectivity index (χ0) is 19.1. The Morgan fingerprint density at radius 1 is 0.964 bits per heavy atom. The lowest BCUT2D eigenvalue weighted by Gasteiger charge is -2.15. The smallest absolute Gasteiger partial charge is 0.174 e. The summed E-state index contributed by atoms with van der Waals surface area (Å²) in [4.78, 5) is 0. The van der Waals surface area contributed by atoms with Crippen LogP contribution in [0, 0.1) is 5.82 Å². The summed E-state index contributed by atoms with van der Waals surface area (Å²) in [6, 6.07) is 15.8. The lowest BCUT2D eigenvalue weighted by Crippen LogP contribution is -2.05. The average molecular weight is 392 g/mol. The van der Waals surface area contributed by atoms with Crippen molar-refractivity contribution in [3.05, 3.63) is 88.6 Å². The van der Waals surface area contributed by atoms with Gasteiger partial charge in [-0.15, -0.1) is 0 Å². The Morgan fingerprint density at radius 3 is 2.54 bits per heavy atom. The molecule has 0 fully saturated rings. The van der Waals surface area contributed by atoms with Gasteiger partial charge in [0.1, 0.15) is 5.82 Å². The molecule has 138 valence electrons. The summed E-state index contributed by atoms with van der Waals surface area (Å²) in [6.07, 6.45) is 5.49. The Kier molecular flexibility index (Phi) is 4.10.